The van der Waals surface area contributed by atoms with Crippen molar-refractivity contribution in [2.24, 2.45) is 0 Å². The van der Waals surface area contributed by atoms with Crippen LogP contribution in [-0.2, 0) is 6.54 Å². The highest BCUT2D eigenvalue weighted by molar-refractivity contribution is 5.93. The van der Waals surface area contributed by atoms with Crippen molar-refractivity contribution in [3.05, 3.63) is 24.0 Å². The molecule has 2 heterocycles. The van der Waals surface area contributed by atoms with Crippen LogP contribution >= 0.6 is 0 Å². The van der Waals surface area contributed by atoms with Crippen LogP contribution in [0, 0.1) is 0 Å². The minimum atomic E-state index is 0. The molecule has 0 unspecified atom stereocenters. The van der Waals surface area contributed by atoms with E-state index in [1.54, 1.807) is 0 Å². The van der Waals surface area contributed by atoms with Crippen LogP contribution < -0.4 is 24.0 Å². The first-order valence-corrected chi connectivity index (χ1v) is 3.99. The Balaban J connectivity index is 0.000000720. The van der Waals surface area contributed by atoms with E-state index in [1.807, 2.05) is 0 Å². The van der Waals surface area contributed by atoms with Crippen LogP contribution in [0.4, 0.5) is 0 Å². The molecule has 1 aromatic rings. The van der Waals surface area contributed by atoms with Crippen LogP contribution in [0.1, 0.15) is 12.6 Å². The number of nitrogens with zero attached hydrogens (tertiary/aromatic N) is 2. The van der Waals surface area contributed by atoms with Gasteiger partial charge in [-0.25, -0.2) is 4.58 Å². The van der Waals surface area contributed by atoms with Gasteiger partial charge < -0.3 is 28.5 Å². The van der Waals surface area contributed by atoms with Gasteiger partial charge >= 0.3 is 0 Å². The van der Waals surface area contributed by atoms with Crippen molar-refractivity contribution in [2.45, 2.75) is 13.5 Å². The third kappa shape index (κ3) is 1.42. The minimum Gasteiger partial charge on any atom is -1.00 e. The summed E-state index contributed by atoms with van der Waals surface area (Å²) in [5.74, 6) is 0. The fraction of sp³-hybridized carbons (Fsp3) is 0.444. The van der Waals surface area contributed by atoms with Gasteiger partial charge in [0.05, 0.1) is 6.54 Å². The van der Waals surface area contributed by atoms with Gasteiger partial charge in [0.2, 0.25) is 0 Å². The van der Waals surface area contributed by atoms with Crippen LogP contribution in [0.2, 0.25) is 0 Å². The number of aromatic nitrogens is 1. The molecular weight excluding hydrogens is 263 g/mol. The Morgan fingerprint density at radius 1 is 1.50 bits per heavy atom. The average Bonchev–Trinajstić information content (AvgIpc) is 2.45. The van der Waals surface area contributed by atoms with Gasteiger partial charge in [-0.3, -0.25) is 0 Å². The van der Waals surface area contributed by atoms with Gasteiger partial charge in [0.25, 0.3) is 0 Å². The van der Waals surface area contributed by atoms with E-state index in [4.69, 9.17) is 0 Å². The summed E-state index contributed by atoms with van der Waals surface area (Å²) in [6, 6.07) is 4.28. The second-order valence-corrected chi connectivity index (χ2v) is 3.09. The lowest BCUT2D eigenvalue weighted by Gasteiger charge is -2.12. The molecule has 1 aliphatic heterocycles. The first-order valence-electron chi connectivity index (χ1n) is 3.99. The van der Waals surface area contributed by atoms with Gasteiger partial charge in [-0.2, -0.15) is 0 Å². The molecule has 0 radical (unpaired) electrons. The molecule has 0 atom stereocenters. The summed E-state index contributed by atoms with van der Waals surface area (Å²) >= 11 is 0. The zero-order valence-electron chi connectivity index (χ0n) is 7.42. The van der Waals surface area contributed by atoms with Crippen molar-refractivity contribution in [1.82, 2.24) is 4.57 Å². The highest BCUT2D eigenvalue weighted by Crippen LogP contribution is 2.07. The molecule has 66 valence electrons. The Labute approximate surface area is 89.9 Å². The molecule has 0 fully saturated rings. The normalized spacial score (nSPS) is 15.5. The zero-order chi connectivity index (χ0) is 7.84. The van der Waals surface area contributed by atoms with Gasteiger partial charge in [-0.1, -0.05) is 0 Å². The smallest absolute Gasteiger partial charge is 0.196 e. The Hall–Kier alpha value is -0.320. The Bertz CT molecular complexity index is 312. The third-order valence-corrected chi connectivity index (χ3v) is 2.45. The standard InChI is InChI=1S/C9H13N2.HI/c1-8-9-4-3-5-11(9)7-6-10(8)2;/h3-5H,6-7H2,1-2H3;1H/q+1;/p-1. The zero-order valence-corrected chi connectivity index (χ0v) is 9.58. The highest BCUT2D eigenvalue weighted by Gasteiger charge is 2.17. The summed E-state index contributed by atoms with van der Waals surface area (Å²) in [7, 11) is 2.14. The molecule has 12 heavy (non-hydrogen) atoms. The molecule has 0 saturated heterocycles. The van der Waals surface area contributed by atoms with Crippen molar-refractivity contribution < 1.29 is 28.6 Å². The molecule has 0 amide bonds. The maximum absolute atomic E-state index is 2.30. The number of hydrogen-bond acceptors (Lipinski definition) is 0. The first-order chi connectivity index (χ1) is 5.29. The minimum absolute atomic E-state index is 0. The number of rotatable bonds is 0. The fourth-order valence-corrected chi connectivity index (χ4v) is 1.56. The van der Waals surface area contributed by atoms with Crippen molar-refractivity contribution in [3.8, 4) is 0 Å². The van der Waals surface area contributed by atoms with E-state index in [-0.39, 0.29) is 24.0 Å². The predicted molar refractivity (Wildman–Crippen MR) is 45.3 cm³/mol. The molecule has 0 N–H and O–H groups in total. The number of likely N-dealkylation sites (N-methyl/N-ethyl adjacent to an activating group) is 1. The molecule has 0 bridgehead atoms. The molecule has 0 spiro atoms. The lowest BCUT2D eigenvalue weighted by Crippen LogP contribution is -3.00. The van der Waals surface area contributed by atoms with Gasteiger partial charge in [0, 0.05) is 13.1 Å². The Kier molecular flexibility index (Phi) is 2.93. The summed E-state index contributed by atoms with van der Waals surface area (Å²) in [5, 5.41) is 0. The largest absolute Gasteiger partial charge is 1.00 e. The Morgan fingerprint density at radius 3 is 3.00 bits per heavy atom. The topological polar surface area (TPSA) is 7.94 Å². The fourth-order valence-electron chi connectivity index (χ4n) is 1.56. The Morgan fingerprint density at radius 2 is 2.25 bits per heavy atom. The van der Waals surface area contributed by atoms with E-state index in [0.717, 1.165) is 13.1 Å². The second kappa shape index (κ2) is 3.60. The molecule has 0 saturated carbocycles. The lowest BCUT2D eigenvalue weighted by molar-refractivity contribution is -0.501. The molecule has 0 aromatic carbocycles. The third-order valence-electron chi connectivity index (χ3n) is 2.45. The van der Waals surface area contributed by atoms with Crippen LogP contribution in [0.15, 0.2) is 18.3 Å². The molecule has 2 rings (SSSR count). The molecule has 3 heteroatoms. The molecular formula is C9H13IN2. The number of halogens is 1. The van der Waals surface area contributed by atoms with E-state index in [1.165, 1.54) is 11.4 Å². The van der Waals surface area contributed by atoms with E-state index >= 15 is 0 Å². The van der Waals surface area contributed by atoms with Gasteiger partial charge in [0.15, 0.2) is 12.3 Å². The number of fused-ring (bicyclic) bond motifs is 1. The van der Waals surface area contributed by atoms with Crippen LogP contribution in [0.25, 0.3) is 0 Å². The van der Waals surface area contributed by atoms with Crippen LogP contribution in [-0.4, -0.2) is 28.4 Å². The summed E-state index contributed by atoms with van der Waals surface area (Å²) < 4.78 is 4.60. The van der Waals surface area contributed by atoms with Crippen LogP contribution in [0.5, 0.6) is 0 Å². The SMILES string of the molecule is CC1=[N+](C)CCn2cccc21.[I-]. The summed E-state index contributed by atoms with van der Waals surface area (Å²) in [6.07, 6.45) is 2.14. The molecule has 2 nitrogen and oxygen atoms in total. The van der Waals surface area contributed by atoms with Crippen molar-refractivity contribution in [3.63, 3.8) is 0 Å². The lowest BCUT2D eigenvalue weighted by atomic mass is 10.2. The second-order valence-electron chi connectivity index (χ2n) is 3.09. The first kappa shape index (κ1) is 9.77. The van der Waals surface area contributed by atoms with E-state index < -0.39 is 0 Å². The van der Waals surface area contributed by atoms with Gasteiger partial charge in [-0.15, -0.1) is 0 Å². The molecule has 1 aliphatic rings. The van der Waals surface area contributed by atoms with E-state index in [2.05, 4.69) is 41.4 Å². The maximum atomic E-state index is 2.30. The molecule has 1 aromatic heterocycles. The summed E-state index contributed by atoms with van der Waals surface area (Å²) in [6.45, 7) is 4.43. The van der Waals surface area contributed by atoms with Gasteiger partial charge in [-0.05, 0) is 12.1 Å². The van der Waals surface area contributed by atoms with Crippen molar-refractivity contribution in [1.29, 1.82) is 0 Å². The van der Waals surface area contributed by atoms with Gasteiger partial charge in [0.1, 0.15) is 12.7 Å². The van der Waals surface area contributed by atoms with Crippen LogP contribution in [0.3, 0.4) is 0 Å². The predicted octanol–water partition coefficient (Wildman–Crippen LogP) is -2.04. The average molecular weight is 276 g/mol. The monoisotopic (exact) mass is 276 g/mol. The van der Waals surface area contributed by atoms with Crippen molar-refractivity contribution >= 4 is 5.71 Å². The van der Waals surface area contributed by atoms with E-state index in [9.17, 15) is 0 Å². The maximum Gasteiger partial charge on any atom is 0.196 e. The molecule has 0 aliphatic carbocycles. The van der Waals surface area contributed by atoms with Crippen molar-refractivity contribution in [2.75, 3.05) is 13.6 Å². The van der Waals surface area contributed by atoms with E-state index in [0.29, 0.717) is 0 Å². The highest BCUT2D eigenvalue weighted by atomic mass is 127. The summed E-state index contributed by atoms with van der Waals surface area (Å²) in [4.78, 5) is 0. The quantitative estimate of drug-likeness (QED) is 0.381. The summed E-state index contributed by atoms with van der Waals surface area (Å²) in [5.41, 5.74) is 2.74. The number of hydrogen-bond donors (Lipinski definition) is 0.